The number of carbonyl (C=O) groups is 1. The zero-order valence-electron chi connectivity index (χ0n) is 13.8. The summed E-state index contributed by atoms with van der Waals surface area (Å²) in [5.74, 6) is 0.0261. The molecule has 3 rings (SSSR count). The molecule has 0 unspecified atom stereocenters. The number of nitrogens with zero attached hydrogens (tertiary/aromatic N) is 1. The predicted molar refractivity (Wildman–Crippen MR) is 97.6 cm³/mol. The molecule has 0 atom stereocenters. The predicted octanol–water partition coefficient (Wildman–Crippen LogP) is 4.06. The van der Waals surface area contributed by atoms with Gasteiger partial charge in [0.2, 0.25) is 0 Å². The lowest BCUT2D eigenvalue weighted by Gasteiger charge is -2.28. The standard InChI is InChI=1S/C19H24N2OS/c1-21(2)16-9-7-15(8-10-16)18(22)20-14-19(11-3-4-12-19)17-6-5-13-23-17/h5-10,13H,3-4,11-12,14H2,1-2H3,(H,20,22). The van der Waals surface area contributed by atoms with Crippen molar-refractivity contribution < 1.29 is 4.79 Å². The van der Waals surface area contributed by atoms with E-state index in [-0.39, 0.29) is 11.3 Å². The average molecular weight is 328 g/mol. The first-order chi connectivity index (χ1) is 11.1. The maximum absolute atomic E-state index is 12.5. The van der Waals surface area contributed by atoms with E-state index in [9.17, 15) is 4.79 Å². The lowest BCUT2D eigenvalue weighted by atomic mass is 9.84. The molecule has 4 heteroatoms. The van der Waals surface area contributed by atoms with Crippen LogP contribution in [0.4, 0.5) is 5.69 Å². The van der Waals surface area contributed by atoms with Crippen LogP contribution in [-0.4, -0.2) is 26.5 Å². The van der Waals surface area contributed by atoms with E-state index in [1.165, 1.54) is 30.6 Å². The van der Waals surface area contributed by atoms with Crippen LogP contribution in [0.5, 0.6) is 0 Å². The molecule has 122 valence electrons. The zero-order valence-corrected chi connectivity index (χ0v) is 14.7. The number of nitrogens with one attached hydrogen (secondary N) is 1. The summed E-state index contributed by atoms with van der Waals surface area (Å²) in [6.07, 6.45) is 4.86. The third-order valence-corrected chi connectivity index (χ3v) is 5.95. The molecule has 0 saturated heterocycles. The topological polar surface area (TPSA) is 32.3 Å². The lowest BCUT2D eigenvalue weighted by molar-refractivity contribution is 0.0943. The Morgan fingerprint density at radius 3 is 2.43 bits per heavy atom. The fraction of sp³-hybridized carbons (Fsp3) is 0.421. The molecule has 1 aliphatic carbocycles. The fourth-order valence-corrected chi connectivity index (χ4v) is 4.39. The van der Waals surface area contributed by atoms with E-state index in [2.05, 4.69) is 22.8 Å². The first-order valence-electron chi connectivity index (χ1n) is 8.20. The van der Waals surface area contributed by atoms with E-state index in [0.717, 1.165) is 17.8 Å². The van der Waals surface area contributed by atoms with Crippen LogP contribution in [0.3, 0.4) is 0 Å². The molecule has 1 fully saturated rings. The summed E-state index contributed by atoms with van der Waals surface area (Å²) in [4.78, 5) is 15.9. The van der Waals surface area contributed by atoms with Crippen molar-refractivity contribution in [1.82, 2.24) is 5.32 Å². The number of benzene rings is 1. The fourth-order valence-electron chi connectivity index (χ4n) is 3.40. The largest absolute Gasteiger partial charge is 0.378 e. The summed E-state index contributed by atoms with van der Waals surface area (Å²) in [5.41, 5.74) is 1.98. The Kier molecular flexibility index (Phi) is 4.71. The van der Waals surface area contributed by atoms with E-state index < -0.39 is 0 Å². The first-order valence-corrected chi connectivity index (χ1v) is 9.08. The maximum Gasteiger partial charge on any atom is 0.251 e. The minimum absolute atomic E-state index is 0.0261. The van der Waals surface area contributed by atoms with Crippen LogP contribution in [0.15, 0.2) is 41.8 Å². The number of anilines is 1. The van der Waals surface area contributed by atoms with Crippen molar-refractivity contribution in [3.63, 3.8) is 0 Å². The highest BCUT2D eigenvalue weighted by molar-refractivity contribution is 7.10. The normalized spacial score (nSPS) is 16.3. The minimum atomic E-state index is 0.0261. The molecule has 23 heavy (non-hydrogen) atoms. The van der Waals surface area contributed by atoms with Gasteiger partial charge >= 0.3 is 0 Å². The van der Waals surface area contributed by atoms with Gasteiger partial charge in [0.05, 0.1) is 0 Å². The molecule has 0 spiro atoms. The van der Waals surface area contributed by atoms with Crippen LogP contribution in [0, 0.1) is 0 Å². The number of thiophene rings is 1. The third kappa shape index (κ3) is 3.42. The van der Waals surface area contributed by atoms with E-state index >= 15 is 0 Å². The van der Waals surface area contributed by atoms with Crippen molar-refractivity contribution >= 4 is 22.9 Å². The van der Waals surface area contributed by atoms with Crippen LogP contribution in [0.2, 0.25) is 0 Å². The number of hydrogen-bond acceptors (Lipinski definition) is 3. The molecule has 0 aliphatic heterocycles. The van der Waals surface area contributed by atoms with Crippen molar-refractivity contribution in [2.24, 2.45) is 0 Å². The molecule has 1 N–H and O–H groups in total. The zero-order chi connectivity index (χ0) is 16.3. The number of amides is 1. The van der Waals surface area contributed by atoms with Gasteiger partial charge in [-0.2, -0.15) is 0 Å². The van der Waals surface area contributed by atoms with Gasteiger partial charge < -0.3 is 10.2 Å². The smallest absolute Gasteiger partial charge is 0.251 e. The Morgan fingerprint density at radius 2 is 1.87 bits per heavy atom. The van der Waals surface area contributed by atoms with Crippen LogP contribution in [-0.2, 0) is 5.41 Å². The van der Waals surface area contributed by atoms with Crippen molar-refractivity contribution in [3.05, 3.63) is 52.2 Å². The van der Waals surface area contributed by atoms with Crippen LogP contribution < -0.4 is 10.2 Å². The van der Waals surface area contributed by atoms with Gasteiger partial charge in [-0.05, 0) is 48.6 Å². The van der Waals surface area contributed by atoms with E-state index in [4.69, 9.17) is 0 Å². The van der Waals surface area contributed by atoms with Gasteiger partial charge in [0, 0.05) is 42.2 Å². The molecule has 1 aromatic carbocycles. The second-order valence-electron chi connectivity index (χ2n) is 6.59. The number of carbonyl (C=O) groups excluding carboxylic acids is 1. The van der Waals surface area contributed by atoms with Crippen molar-refractivity contribution in [1.29, 1.82) is 0 Å². The van der Waals surface area contributed by atoms with Crippen molar-refractivity contribution in [2.75, 3.05) is 25.5 Å². The molecular formula is C19H24N2OS. The summed E-state index contributed by atoms with van der Waals surface area (Å²) >= 11 is 1.81. The van der Waals surface area contributed by atoms with Crippen molar-refractivity contribution in [3.8, 4) is 0 Å². The monoisotopic (exact) mass is 328 g/mol. The molecular weight excluding hydrogens is 304 g/mol. The second-order valence-corrected chi connectivity index (χ2v) is 7.54. The van der Waals surface area contributed by atoms with Gasteiger partial charge in [0.1, 0.15) is 0 Å². The van der Waals surface area contributed by atoms with Gasteiger partial charge in [-0.3, -0.25) is 4.79 Å². The molecule has 1 aliphatic rings. The van der Waals surface area contributed by atoms with Gasteiger partial charge in [-0.25, -0.2) is 0 Å². The van der Waals surface area contributed by atoms with E-state index in [1.54, 1.807) is 0 Å². The van der Waals surface area contributed by atoms with Crippen LogP contribution >= 0.6 is 11.3 Å². The summed E-state index contributed by atoms with van der Waals surface area (Å²) in [6.45, 7) is 0.738. The van der Waals surface area contributed by atoms with Crippen LogP contribution in [0.25, 0.3) is 0 Å². The molecule has 2 aromatic rings. The number of hydrogen-bond donors (Lipinski definition) is 1. The molecule has 3 nitrogen and oxygen atoms in total. The highest BCUT2D eigenvalue weighted by Gasteiger charge is 2.36. The van der Waals surface area contributed by atoms with Crippen LogP contribution in [0.1, 0.15) is 40.9 Å². The maximum atomic E-state index is 12.5. The Hall–Kier alpha value is -1.81. The molecule has 1 aromatic heterocycles. The van der Waals surface area contributed by atoms with Crippen molar-refractivity contribution in [2.45, 2.75) is 31.1 Å². The highest BCUT2D eigenvalue weighted by Crippen LogP contribution is 2.42. The Balaban J connectivity index is 1.68. The molecule has 0 bridgehead atoms. The Labute approximate surface area is 142 Å². The number of rotatable bonds is 5. The van der Waals surface area contributed by atoms with Gasteiger partial charge in [0.25, 0.3) is 5.91 Å². The van der Waals surface area contributed by atoms with Gasteiger partial charge in [0.15, 0.2) is 0 Å². The molecule has 1 heterocycles. The van der Waals surface area contributed by atoms with Gasteiger partial charge in [-0.15, -0.1) is 11.3 Å². The van der Waals surface area contributed by atoms with E-state index in [1.807, 2.05) is 54.6 Å². The molecule has 1 saturated carbocycles. The second kappa shape index (κ2) is 6.75. The Bertz CT molecular complexity index is 641. The summed E-state index contributed by atoms with van der Waals surface area (Å²) < 4.78 is 0. The summed E-state index contributed by atoms with van der Waals surface area (Å²) in [7, 11) is 4.00. The first kappa shape index (κ1) is 16.1. The molecule has 1 amide bonds. The average Bonchev–Trinajstić information content (AvgIpc) is 3.24. The quantitative estimate of drug-likeness (QED) is 0.898. The summed E-state index contributed by atoms with van der Waals surface area (Å²) in [6, 6.07) is 12.1. The minimum Gasteiger partial charge on any atom is -0.378 e. The third-order valence-electron chi connectivity index (χ3n) is 4.84. The highest BCUT2D eigenvalue weighted by atomic mass is 32.1. The lowest BCUT2D eigenvalue weighted by Crippen LogP contribution is -2.38. The van der Waals surface area contributed by atoms with E-state index in [0.29, 0.717) is 0 Å². The summed E-state index contributed by atoms with van der Waals surface area (Å²) in [5, 5.41) is 5.31. The Morgan fingerprint density at radius 1 is 1.17 bits per heavy atom. The van der Waals surface area contributed by atoms with Gasteiger partial charge in [-0.1, -0.05) is 18.9 Å². The molecule has 0 radical (unpaired) electrons. The SMILES string of the molecule is CN(C)c1ccc(C(=O)NCC2(c3cccs3)CCCC2)cc1.